The molecule has 1 aliphatic heterocycles. The minimum atomic E-state index is -0.369. The summed E-state index contributed by atoms with van der Waals surface area (Å²) in [4.78, 5) is 10.7. The minimum Gasteiger partial charge on any atom is -0.497 e. The van der Waals surface area contributed by atoms with E-state index in [-0.39, 0.29) is 16.0 Å². The molecule has 0 aromatic heterocycles. The van der Waals surface area contributed by atoms with Gasteiger partial charge in [0, 0.05) is 18.7 Å². The zero-order valence-corrected chi connectivity index (χ0v) is 11.9. The SMILES string of the molecule is COc1ccc([N+](=O)[O-])c(NCC2(C)CCNCC2)c1. The Labute approximate surface area is 118 Å². The van der Waals surface area contributed by atoms with E-state index in [4.69, 9.17) is 4.74 Å². The molecule has 0 unspecified atom stereocenters. The quantitative estimate of drug-likeness (QED) is 0.639. The number of anilines is 1. The lowest BCUT2D eigenvalue weighted by molar-refractivity contribution is -0.384. The van der Waals surface area contributed by atoms with Crippen molar-refractivity contribution in [2.45, 2.75) is 19.8 Å². The molecule has 0 radical (unpaired) electrons. The van der Waals surface area contributed by atoms with Gasteiger partial charge < -0.3 is 15.4 Å². The number of nitro benzene ring substituents is 1. The van der Waals surface area contributed by atoms with Gasteiger partial charge in [-0.15, -0.1) is 0 Å². The van der Waals surface area contributed by atoms with Crippen LogP contribution in [0.2, 0.25) is 0 Å². The van der Waals surface area contributed by atoms with Crippen molar-refractivity contribution in [3.8, 4) is 5.75 Å². The molecule has 1 heterocycles. The summed E-state index contributed by atoms with van der Waals surface area (Å²) >= 11 is 0. The van der Waals surface area contributed by atoms with Gasteiger partial charge in [0.2, 0.25) is 0 Å². The summed E-state index contributed by atoms with van der Waals surface area (Å²) in [7, 11) is 1.55. The number of nitro groups is 1. The summed E-state index contributed by atoms with van der Waals surface area (Å²) in [6.07, 6.45) is 2.13. The van der Waals surface area contributed by atoms with Gasteiger partial charge in [0.25, 0.3) is 5.69 Å². The van der Waals surface area contributed by atoms with Crippen LogP contribution in [-0.4, -0.2) is 31.7 Å². The van der Waals surface area contributed by atoms with Crippen molar-refractivity contribution in [2.24, 2.45) is 5.41 Å². The Kier molecular flexibility index (Phi) is 4.44. The van der Waals surface area contributed by atoms with E-state index in [0.29, 0.717) is 11.4 Å². The fourth-order valence-electron chi connectivity index (χ4n) is 2.46. The summed E-state index contributed by atoms with van der Waals surface area (Å²) in [6.45, 7) is 4.94. The van der Waals surface area contributed by atoms with Crippen LogP contribution < -0.4 is 15.4 Å². The largest absolute Gasteiger partial charge is 0.497 e. The average molecular weight is 279 g/mol. The third-order valence-electron chi connectivity index (χ3n) is 3.92. The molecule has 6 heteroatoms. The highest BCUT2D eigenvalue weighted by Gasteiger charge is 2.27. The predicted octanol–water partition coefficient (Wildman–Crippen LogP) is 2.41. The molecule has 1 aromatic rings. The van der Waals surface area contributed by atoms with E-state index in [1.807, 2.05) is 0 Å². The molecule has 6 nitrogen and oxygen atoms in total. The second-order valence-corrected chi connectivity index (χ2v) is 5.55. The Morgan fingerprint density at radius 2 is 2.15 bits per heavy atom. The first-order valence-corrected chi connectivity index (χ1v) is 6.81. The number of hydrogen-bond acceptors (Lipinski definition) is 5. The lowest BCUT2D eigenvalue weighted by atomic mass is 9.81. The molecule has 1 saturated heterocycles. The molecule has 1 fully saturated rings. The number of methoxy groups -OCH3 is 1. The summed E-state index contributed by atoms with van der Waals surface area (Å²) in [5.41, 5.74) is 0.778. The summed E-state index contributed by atoms with van der Waals surface area (Å²) in [5, 5.41) is 17.6. The van der Waals surface area contributed by atoms with Crippen molar-refractivity contribution in [3.63, 3.8) is 0 Å². The molecule has 110 valence electrons. The maximum Gasteiger partial charge on any atom is 0.292 e. The van der Waals surface area contributed by atoms with Crippen LogP contribution in [0.25, 0.3) is 0 Å². The molecule has 0 atom stereocenters. The normalized spacial score (nSPS) is 17.5. The molecule has 0 amide bonds. The van der Waals surface area contributed by atoms with E-state index in [1.165, 1.54) is 6.07 Å². The molecule has 2 rings (SSSR count). The van der Waals surface area contributed by atoms with Crippen molar-refractivity contribution in [2.75, 3.05) is 32.1 Å². The number of piperidine rings is 1. The highest BCUT2D eigenvalue weighted by Crippen LogP contribution is 2.32. The van der Waals surface area contributed by atoms with Gasteiger partial charge >= 0.3 is 0 Å². The zero-order chi connectivity index (χ0) is 14.6. The fourth-order valence-corrected chi connectivity index (χ4v) is 2.46. The van der Waals surface area contributed by atoms with Gasteiger partial charge in [0.05, 0.1) is 12.0 Å². The van der Waals surface area contributed by atoms with Gasteiger partial charge in [0.15, 0.2) is 0 Å². The Morgan fingerprint density at radius 3 is 2.75 bits per heavy atom. The second-order valence-electron chi connectivity index (χ2n) is 5.55. The number of benzene rings is 1. The van der Waals surface area contributed by atoms with Gasteiger partial charge in [-0.1, -0.05) is 6.92 Å². The maximum absolute atomic E-state index is 11.1. The zero-order valence-electron chi connectivity index (χ0n) is 11.9. The molecule has 0 saturated carbocycles. The van der Waals surface area contributed by atoms with Crippen LogP contribution >= 0.6 is 0 Å². The molecule has 0 spiro atoms. The van der Waals surface area contributed by atoms with Crippen molar-refractivity contribution in [1.82, 2.24) is 5.32 Å². The fraction of sp³-hybridized carbons (Fsp3) is 0.571. The molecule has 1 aliphatic rings. The predicted molar refractivity (Wildman–Crippen MR) is 78.3 cm³/mol. The molecular weight excluding hydrogens is 258 g/mol. The Bertz CT molecular complexity index is 485. The highest BCUT2D eigenvalue weighted by atomic mass is 16.6. The monoisotopic (exact) mass is 279 g/mol. The molecule has 1 aromatic carbocycles. The molecule has 0 aliphatic carbocycles. The van der Waals surface area contributed by atoms with Crippen molar-refractivity contribution < 1.29 is 9.66 Å². The van der Waals surface area contributed by atoms with E-state index < -0.39 is 0 Å². The minimum absolute atomic E-state index is 0.0864. The summed E-state index contributed by atoms with van der Waals surface area (Å²) in [6, 6.07) is 4.77. The third-order valence-corrected chi connectivity index (χ3v) is 3.92. The van der Waals surface area contributed by atoms with Crippen molar-refractivity contribution in [3.05, 3.63) is 28.3 Å². The molecule has 0 bridgehead atoms. The molecule has 20 heavy (non-hydrogen) atoms. The first kappa shape index (κ1) is 14.6. The summed E-state index contributed by atoms with van der Waals surface area (Å²) in [5.74, 6) is 0.619. The standard InChI is InChI=1S/C14H21N3O3/c1-14(5-7-15-8-6-14)10-16-12-9-11(20-2)3-4-13(12)17(18)19/h3-4,9,15-16H,5-8,10H2,1-2H3. The van der Waals surface area contributed by atoms with Gasteiger partial charge in [-0.25, -0.2) is 0 Å². The molecule has 2 N–H and O–H groups in total. The average Bonchev–Trinajstić information content (AvgIpc) is 2.45. The van der Waals surface area contributed by atoms with E-state index in [9.17, 15) is 10.1 Å². The van der Waals surface area contributed by atoms with Gasteiger partial charge in [-0.05, 0) is 37.4 Å². The lowest BCUT2D eigenvalue weighted by Crippen LogP contribution is -2.39. The van der Waals surface area contributed by atoms with Gasteiger partial charge in [-0.3, -0.25) is 10.1 Å². The van der Waals surface area contributed by atoms with Gasteiger partial charge in [0.1, 0.15) is 11.4 Å². The second kappa shape index (κ2) is 6.09. The van der Waals surface area contributed by atoms with Crippen molar-refractivity contribution in [1.29, 1.82) is 0 Å². The Morgan fingerprint density at radius 1 is 1.45 bits per heavy atom. The van der Waals surface area contributed by atoms with Gasteiger partial charge in [-0.2, -0.15) is 0 Å². The lowest BCUT2D eigenvalue weighted by Gasteiger charge is -2.34. The van der Waals surface area contributed by atoms with Crippen LogP contribution in [0.5, 0.6) is 5.75 Å². The summed E-state index contributed by atoms with van der Waals surface area (Å²) < 4.78 is 5.13. The maximum atomic E-state index is 11.1. The first-order valence-electron chi connectivity index (χ1n) is 6.81. The van der Waals surface area contributed by atoms with Crippen LogP contribution in [0.1, 0.15) is 19.8 Å². The third kappa shape index (κ3) is 3.39. The Hall–Kier alpha value is -1.82. The van der Waals surface area contributed by atoms with Crippen LogP contribution in [0.4, 0.5) is 11.4 Å². The van der Waals surface area contributed by atoms with E-state index in [2.05, 4.69) is 17.6 Å². The number of ether oxygens (including phenoxy) is 1. The molecular formula is C14H21N3O3. The Balaban J connectivity index is 2.12. The number of nitrogens with zero attached hydrogens (tertiary/aromatic N) is 1. The highest BCUT2D eigenvalue weighted by molar-refractivity contribution is 5.64. The number of rotatable bonds is 5. The number of hydrogen-bond donors (Lipinski definition) is 2. The first-order chi connectivity index (χ1) is 9.54. The van der Waals surface area contributed by atoms with Crippen LogP contribution in [0.3, 0.4) is 0 Å². The van der Waals surface area contributed by atoms with Crippen LogP contribution in [0.15, 0.2) is 18.2 Å². The van der Waals surface area contributed by atoms with E-state index in [1.54, 1.807) is 19.2 Å². The van der Waals surface area contributed by atoms with Crippen molar-refractivity contribution >= 4 is 11.4 Å². The topological polar surface area (TPSA) is 76.4 Å². The van der Waals surface area contributed by atoms with E-state index in [0.717, 1.165) is 32.5 Å². The number of nitrogens with one attached hydrogen (secondary N) is 2. The van der Waals surface area contributed by atoms with Crippen LogP contribution in [0, 0.1) is 15.5 Å². The smallest absolute Gasteiger partial charge is 0.292 e. The van der Waals surface area contributed by atoms with Crippen LogP contribution in [-0.2, 0) is 0 Å². The van der Waals surface area contributed by atoms with E-state index >= 15 is 0 Å².